The summed E-state index contributed by atoms with van der Waals surface area (Å²) < 4.78 is 23.0. The second-order valence-electron chi connectivity index (χ2n) is 9.63. The number of halogens is 1. The van der Waals surface area contributed by atoms with Crippen LogP contribution in [0.3, 0.4) is 0 Å². The van der Waals surface area contributed by atoms with Gasteiger partial charge < -0.3 is 29.5 Å². The van der Waals surface area contributed by atoms with Crippen LogP contribution < -0.4 is 20.4 Å². The number of pyridine rings is 1. The fourth-order valence-corrected chi connectivity index (χ4v) is 5.33. The summed E-state index contributed by atoms with van der Waals surface area (Å²) in [7, 11) is 3.62. The summed E-state index contributed by atoms with van der Waals surface area (Å²) >= 11 is 0. The molecule has 1 aromatic heterocycles. The lowest BCUT2D eigenvalue weighted by molar-refractivity contribution is 0.0695. The van der Waals surface area contributed by atoms with E-state index in [2.05, 4.69) is 17.3 Å². The smallest absolute Gasteiger partial charge is 0.341 e. The minimum atomic E-state index is -1.30. The lowest BCUT2D eigenvalue weighted by Crippen LogP contribution is -2.46. The SMILES string of the molecule is COc1c(N2CCC(NC3CCN(C)CC3)C2)c(F)cc2c(=O)c(C(=O)O)cn(C3CC3)c12. The summed E-state index contributed by atoms with van der Waals surface area (Å²) in [5, 5.41) is 13.3. The van der Waals surface area contributed by atoms with Crippen molar-refractivity contribution in [2.75, 3.05) is 45.2 Å². The Balaban J connectivity index is 1.51. The predicted molar refractivity (Wildman–Crippen MR) is 124 cm³/mol. The molecule has 2 aliphatic heterocycles. The van der Waals surface area contributed by atoms with Crippen molar-refractivity contribution in [1.82, 2.24) is 14.8 Å². The number of fused-ring (bicyclic) bond motifs is 1. The van der Waals surface area contributed by atoms with Gasteiger partial charge in [0.2, 0.25) is 5.43 Å². The largest absolute Gasteiger partial charge is 0.492 e. The Morgan fingerprint density at radius 2 is 1.85 bits per heavy atom. The van der Waals surface area contributed by atoms with Crippen molar-refractivity contribution in [3.63, 3.8) is 0 Å². The number of aromatic carboxylic acids is 1. The first-order valence-corrected chi connectivity index (χ1v) is 11.8. The number of likely N-dealkylation sites (tertiary alicyclic amines) is 1. The highest BCUT2D eigenvalue weighted by Crippen LogP contribution is 2.44. The molecule has 9 heteroatoms. The summed E-state index contributed by atoms with van der Waals surface area (Å²) in [6.45, 7) is 3.51. The van der Waals surface area contributed by atoms with Crippen molar-refractivity contribution in [2.45, 2.75) is 50.2 Å². The van der Waals surface area contributed by atoms with E-state index in [9.17, 15) is 14.7 Å². The summed E-state index contributed by atoms with van der Waals surface area (Å²) in [6.07, 6.45) is 6.29. The van der Waals surface area contributed by atoms with Gasteiger partial charge in [0.15, 0.2) is 11.6 Å². The molecule has 1 aromatic carbocycles. The average molecular weight is 459 g/mol. The van der Waals surface area contributed by atoms with Crippen LogP contribution in [0, 0.1) is 5.82 Å². The normalized spacial score (nSPS) is 22.3. The molecule has 0 bridgehead atoms. The summed E-state index contributed by atoms with van der Waals surface area (Å²) in [5.41, 5.74) is -0.179. The Hall–Kier alpha value is -2.65. The van der Waals surface area contributed by atoms with Crippen molar-refractivity contribution in [3.05, 3.63) is 33.9 Å². The van der Waals surface area contributed by atoms with E-state index in [1.54, 1.807) is 4.57 Å². The second kappa shape index (κ2) is 8.61. The molecule has 0 spiro atoms. The van der Waals surface area contributed by atoms with Gasteiger partial charge in [-0.2, -0.15) is 0 Å². The van der Waals surface area contributed by atoms with Gasteiger partial charge in [-0.3, -0.25) is 4.79 Å². The molecule has 2 N–H and O–H groups in total. The van der Waals surface area contributed by atoms with E-state index in [4.69, 9.17) is 4.74 Å². The van der Waals surface area contributed by atoms with E-state index >= 15 is 4.39 Å². The van der Waals surface area contributed by atoms with Crippen LogP contribution >= 0.6 is 0 Å². The molecule has 178 valence electrons. The molecule has 3 fully saturated rings. The van der Waals surface area contributed by atoms with E-state index in [0.29, 0.717) is 36.1 Å². The van der Waals surface area contributed by atoms with E-state index in [1.165, 1.54) is 19.4 Å². The number of ether oxygens (including phenoxy) is 1. The van der Waals surface area contributed by atoms with Crippen LogP contribution in [0.15, 0.2) is 17.1 Å². The van der Waals surface area contributed by atoms with Crippen LogP contribution in [-0.2, 0) is 0 Å². The molecule has 1 atom stereocenters. The number of carboxylic acid groups (broad SMARTS) is 1. The zero-order chi connectivity index (χ0) is 23.3. The van der Waals surface area contributed by atoms with Crippen LogP contribution in [-0.4, -0.2) is 73.0 Å². The Bertz CT molecular complexity index is 1140. The molecule has 33 heavy (non-hydrogen) atoms. The van der Waals surface area contributed by atoms with E-state index in [-0.39, 0.29) is 23.0 Å². The monoisotopic (exact) mass is 458 g/mol. The van der Waals surface area contributed by atoms with Crippen LogP contribution in [0.1, 0.15) is 48.5 Å². The first kappa shape index (κ1) is 22.2. The molecule has 2 saturated heterocycles. The number of carbonyl (C=O) groups is 1. The molecule has 1 aliphatic carbocycles. The van der Waals surface area contributed by atoms with Crippen LogP contribution in [0.4, 0.5) is 10.1 Å². The number of piperidine rings is 1. The lowest BCUT2D eigenvalue weighted by Gasteiger charge is -2.31. The van der Waals surface area contributed by atoms with Crippen molar-refractivity contribution in [3.8, 4) is 5.75 Å². The summed E-state index contributed by atoms with van der Waals surface area (Å²) in [6, 6.07) is 2.02. The topological polar surface area (TPSA) is 87.0 Å². The maximum Gasteiger partial charge on any atom is 0.341 e. The van der Waals surface area contributed by atoms with Gasteiger partial charge in [-0.05, 0) is 58.3 Å². The second-order valence-corrected chi connectivity index (χ2v) is 9.63. The van der Waals surface area contributed by atoms with E-state index in [0.717, 1.165) is 45.2 Å². The van der Waals surface area contributed by atoms with Crippen LogP contribution in [0.2, 0.25) is 0 Å². The van der Waals surface area contributed by atoms with Gasteiger partial charge in [0.25, 0.3) is 0 Å². The Labute approximate surface area is 191 Å². The first-order chi connectivity index (χ1) is 15.9. The number of nitrogens with one attached hydrogen (secondary N) is 1. The number of hydrogen-bond donors (Lipinski definition) is 2. The minimum absolute atomic E-state index is 0.0556. The standard InChI is InChI=1S/C24H31FN4O4/c1-27-8-5-14(6-9-27)26-15-7-10-28(12-15)21-19(25)11-17-20(23(21)33-2)29(16-3-4-16)13-18(22(17)30)24(31)32/h11,13-16,26H,3-10,12H2,1-2H3,(H,31,32). The van der Waals surface area contributed by atoms with Gasteiger partial charge in [0.05, 0.1) is 18.0 Å². The fourth-order valence-electron chi connectivity index (χ4n) is 5.33. The van der Waals surface area contributed by atoms with Crippen molar-refractivity contribution < 1.29 is 19.0 Å². The molecule has 1 unspecified atom stereocenters. The van der Waals surface area contributed by atoms with Crippen LogP contribution in [0.25, 0.3) is 10.9 Å². The highest BCUT2D eigenvalue weighted by atomic mass is 19.1. The van der Waals surface area contributed by atoms with Gasteiger partial charge in [0, 0.05) is 37.4 Å². The van der Waals surface area contributed by atoms with Gasteiger partial charge in [-0.25, -0.2) is 9.18 Å². The molecule has 2 aromatic rings. The van der Waals surface area contributed by atoms with Crippen molar-refractivity contribution in [1.29, 1.82) is 0 Å². The zero-order valence-corrected chi connectivity index (χ0v) is 19.1. The molecular formula is C24H31FN4O4. The maximum atomic E-state index is 15.5. The number of anilines is 1. The van der Waals surface area contributed by atoms with Crippen LogP contribution in [0.5, 0.6) is 5.75 Å². The molecule has 3 aliphatic rings. The van der Waals surface area contributed by atoms with E-state index < -0.39 is 17.2 Å². The maximum absolute atomic E-state index is 15.5. The highest BCUT2D eigenvalue weighted by Gasteiger charge is 2.34. The van der Waals surface area contributed by atoms with Gasteiger partial charge in [-0.1, -0.05) is 0 Å². The third-order valence-corrected chi connectivity index (χ3v) is 7.27. The fraction of sp³-hybridized carbons (Fsp3) is 0.583. The third-order valence-electron chi connectivity index (χ3n) is 7.27. The number of aromatic nitrogens is 1. The highest BCUT2D eigenvalue weighted by molar-refractivity contribution is 5.97. The van der Waals surface area contributed by atoms with Gasteiger partial charge >= 0.3 is 5.97 Å². The predicted octanol–water partition coefficient (Wildman–Crippen LogP) is 2.44. The minimum Gasteiger partial charge on any atom is -0.492 e. The Kier molecular flexibility index (Phi) is 5.78. The summed E-state index contributed by atoms with van der Waals surface area (Å²) in [4.78, 5) is 28.8. The van der Waals surface area contributed by atoms with Gasteiger partial charge in [0.1, 0.15) is 11.3 Å². The molecule has 8 nitrogen and oxygen atoms in total. The molecule has 0 radical (unpaired) electrons. The van der Waals surface area contributed by atoms with Crippen molar-refractivity contribution >= 4 is 22.6 Å². The molecule has 3 heterocycles. The average Bonchev–Trinajstić information content (AvgIpc) is 3.53. The van der Waals surface area contributed by atoms with Gasteiger partial charge in [-0.15, -0.1) is 0 Å². The Morgan fingerprint density at radius 1 is 1.15 bits per heavy atom. The molecule has 0 amide bonds. The number of nitrogens with zero attached hydrogens (tertiary/aromatic N) is 3. The molecular weight excluding hydrogens is 427 g/mol. The number of carboxylic acids is 1. The van der Waals surface area contributed by atoms with Crippen molar-refractivity contribution in [2.24, 2.45) is 0 Å². The number of benzene rings is 1. The number of hydrogen-bond acceptors (Lipinski definition) is 6. The summed E-state index contributed by atoms with van der Waals surface area (Å²) in [5.74, 6) is -1.55. The number of rotatable bonds is 6. The third kappa shape index (κ3) is 4.08. The zero-order valence-electron chi connectivity index (χ0n) is 19.1. The Morgan fingerprint density at radius 3 is 2.48 bits per heavy atom. The lowest BCUT2D eigenvalue weighted by atomic mass is 10.0. The number of methoxy groups -OCH3 is 1. The van der Waals surface area contributed by atoms with E-state index in [1.807, 2.05) is 4.90 Å². The quantitative estimate of drug-likeness (QED) is 0.688. The molecule has 5 rings (SSSR count). The first-order valence-electron chi connectivity index (χ1n) is 11.8. The molecule has 1 saturated carbocycles.